The SMILES string of the molecule is Cc1cc(F)c2c(c1)CCC(C)C2.Cc1ccc2c(c1)CCC(C)C2.Cc1ccc2c(c1)CCC(C)C2.Cc1ccc2c(c1F)CCC(C)C2. The maximum absolute atomic E-state index is 13.6. The first-order valence-electron chi connectivity index (χ1n) is 19.6. The molecule has 4 aromatic carbocycles. The molecular weight excluding hydrogens is 615 g/mol. The van der Waals surface area contributed by atoms with E-state index in [1.165, 1.54) is 67.2 Å². The van der Waals surface area contributed by atoms with Crippen LogP contribution in [0, 0.1) is 63.0 Å². The molecule has 0 heterocycles. The van der Waals surface area contributed by atoms with E-state index in [0.29, 0.717) is 5.92 Å². The molecule has 4 aliphatic rings. The van der Waals surface area contributed by atoms with Gasteiger partial charge in [0.05, 0.1) is 0 Å². The first-order chi connectivity index (χ1) is 23.9. The Balaban J connectivity index is 0.000000130. The predicted molar refractivity (Wildman–Crippen MR) is 209 cm³/mol. The molecule has 0 nitrogen and oxygen atoms in total. The van der Waals surface area contributed by atoms with Crippen LogP contribution in [0.5, 0.6) is 0 Å². The van der Waals surface area contributed by atoms with Gasteiger partial charge in [0.25, 0.3) is 0 Å². The van der Waals surface area contributed by atoms with Gasteiger partial charge in [-0.1, -0.05) is 93.4 Å². The third kappa shape index (κ3) is 10.2. The molecule has 4 aliphatic carbocycles. The van der Waals surface area contributed by atoms with E-state index < -0.39 is 0 Å². The second-order valence-corrected chi connectivity index (χ2v) is 16.7. The van der Waals surface area contributed by atoms with Crippen molar-refractivity contribution in [2.75, 3.05) is 0 Å². The molecule has 50 heavy (non-hydrogen) atoms. The summed E-state index contributed by atoms with van der Waals surface area (Å²) in [5.74, 6) is 3.17. The highest BCUT2D eigenvalue weighted by Gasteiger charge is 2.20. The van der Waals surface area contributed by atoms with Gasteiger partial charge in [0.15, 0.2) is 0 Å². The van der Waals surface area contributed by atoms with Gasteiger partial charge in [-0.05, 0) is 190 Å². The van der Waals surface area contributed by atoms with Crippen molar-refractivity contribution >= 4 is 0 Å². The van der Waals surface area contributed by atoms with E-state index in [0.717, 1.165) is 72.1 Å². The molecule has 0 N–H and O–H groups in total. The van der Waals surface area contributed by atoms with E-state index in [1.807, 2.05) is 19.9 Å². The second-order valence-electron chi connectivity index (χ2n) is 16.7. The van der Waals surface area contributed by atoms with Gasteiger partial charge in [-0.2, -0.15) is 0 Å². The molecule has 0 saturated carbocycles. The largest absolute Gasteiger partial charge is 0.207 e. The number of halogens is 2. The van der Waals surface area contributed by atoms with Gasteiger partial charge in [-0.25, -0.2) is 8.78 Å². The monoisotopic (exact) mass is 676 g/mol. The van der Waals surface area contributed by atoms with Crippen molar-refractivity contribution in [3.05, 3.63) is 139 Å². The lowest BCUT2D eigenvalue weighted by molar-refractivity contribution is 0.477. The molecule has 4 atom stereocenters. The molecule has 0 radical (unpaired) electrons. The zero-order chi connectivity index (χ0) is 35.9. The lowest BCUT2D eigenvalue weighted by Crippen LogP contribution is -2.13. The predicted octanol–water partition coefficient (Wildman–Crippen LogP) is 12.8. The Morgan fingerprint density at radius 3 is 1.42 bits per heavy atom. The van der Waals surface area contributed by atoms with Crippen molar-refractivity contribution < 1.29 is 8.78 Å². The van der Waals surface area contributed by atoms with E-state index in [-0.39, 0.29) is 11.6 Å². The Kier molecular flexibility index (Phi) is 13.1. The molecule has 4 aromatic rings. The summed E-state index contributed by atoms with van der Waals surface area (Å²) in [4.78, 5) is 0. The van der Waals surface area contributed by atoms with Crippen LogP contribution >= 0.6 is 0 Å². The summed E-state index contributed by atoms with van der Waals surface area (Å²) in [6.45, 7) is 17.3. The summed E-state index contributed by atoms with van der Waals surface area (Å²) in [5.41, 5.74) is 15.4. The van der Waals surface area contributed by atoms with Crippen LogP contribution in [0.2, 0.25) is 0 Å². The number of hydrogen-bond acceptors (Lipinski definition) is 0. The van der Waals surface area contributed by atoms with Gasteiger partial charge in [0, 0.05) is 0 Å². The first kappa shape index (κ1) is 38.0. The fraction of sp³-hybridized carbons (Fsp3) is 0.500. The minimum atomic E-state index is 0.00144. The zero-order valence-electron chi connectivity index (χ0n) is 32.3. The Bertz CT molecular complexity index is 1680. The standard InChI is InChI=1S/2C12H15F.2C12H16/c1-8-3-6-11-10(7-8)5-4-9(2)12(11)13;1-8-3-4-10-5-9(2)7-12(13)11(10)6-8;2*1-9-3-5-12-8-10(2)4-6-11(12)7-9/h4-5,8H,3,6-7H2,1-2H3;5,7-8H,3-4,6H2,1-2H3;2*3,5,7,10H,4,6,8H2,1-2H3. The molecule has 0 aromatic heterocycles. The summed E-state index contributed by atoms with van der Waals surface area (Å²) in [6, 6.07) is 21.5. The highest BCUT2D eigenvalue weighted by molar-refractivity contribution is 5.37. The first-order valence-corrected chi connectivity index (χ1v) is 19.6. The van der Waals surface area contributed by atoms with E-state index in [2.05, 4.69) is 90.1 Å². The van der Waals surface area contributed by atoms with Crippen molar-refractivity contribution in [2.45, 2.75) is 132 Å². The molecule has 0 spiro atoms. The van der Waals surface area contributed by atoms with Crippen LogP contribution in [0.4, 0.5) is 8.78 Å². The highest BCUT2D eigenvalue weighted by Crippen LogP contribution is 2.30. The maximum atomic E-state index is 13.6. The van der Waals surface area contributed by atoms with Crippen LogP contribution < -0.4 is 0 Å². The lowest BCUT2D eigenvalue weighted by Gasteiger charge is -2.22. The van der Waals surface area contributed by atoms with Crippen molar-refractivity contribution in [1.82, 2.24) is 0 Å². The van der Waals surface area contributed by atoms with E-state index in [4.69, 9.17) is 0 Å². The molecule has 0 saturated heterocycles. The Hall–Kier alpha value is -3.26. The molecule has 0 bridgehead atoms. The zero-order valence-corrected chi connectivity index (χ0v) is 32.3. The Morgan fingerprint density at radius 2 is 0.860 bits per heavy atom. The summed E-state index contributed by atoms with van der Waals surface area (Å²) in [5, 5.41) is 0. The number of benzene rings is 4. The molecule has 0 fully saturated rings. The van der Waals surface area contributed by atoms with E-state index >= 15 is 0 Å². The van der Waals surface area contributed by atoms with Crippen LogP contribution in [0.15, 0.2) is 60.7 Å². The van der Waals surface area contributed by atoms with E-state index in [9.17, 15) is 8.78 Å². The average molecular weight is 677 g/mol. The fourth-order valence-electron chi connectivity index (χ4n) is 8.39. The van der Waals surface area contributed by atoms with Gasteiger partial charge in [-0.3, -0.25) is 0 Å². The van der Waals surface area contributed by atoms with Crippen molar-refractivity contribution in [3.8, 4) is 0 Å². The van der Waals surface area contributed by atoms with Gasteiger partial charge >= 0.3 is 0 Å². The molecule has 268 valence electrons. The summed E-state index contributed by atoms with van der Waals surface area (Å²) >= 11 is 0. The summed E-state index contributed by atoms with van der Waals surface area (Å²) < 4.78 is 27.1. The molecule has 2 heteroatoms. The van der Waals surface area contributed by atoms with Crippen LogP contribution in [0.25, 0.3) is 0 Å². The summed E-state index contributed by atoms with van der Waals surface area (Å²) in [6.07, 6.45) is 14.2. The molecular formula is C48H62F2. The second kappa shape index (κ2) is 17.3. The van der Waals surface area contributed by atoms with E-state index in [1.54, 1.807) is 28.3 Å². The van der Waals surface area contributed by atoms with Gasteiger partial charge in [0.1, 0.15) is 11.6 Å². The minimum absolute atomic E-state index is 0.00144. The van der Waals surface area contributed by atoms with Crippen molar-refractivity contribution in [3.63, 3.8) is 0 Å². The third-order valence-corrected chi connectivity index (χ3v) is 11.6. The molecule has 0 aliphatic heterocycles. The normalized spacial score (nSPS) is 21.6. The number of fused-ring (bicyclic) bond motifs is 4. The third-order valence-electron chi connectivity index (χ3n) is 11.6. The van der Waals surface area contributed by atoms with Crippen LogP contribution in [0.3, 0.4) is 0 Å². The van der Waals surface area contributed by atoms with Crippen molar-refractivity contribution in [2.24, 2.45) is 23.7 Å². The number of rotatable bonds is 0. The average Bonchev–Trinajstić information content (AvgIpc) is 3.08. The maximum Gasteiger partial charge on any atom is 0.129 e. The van der Waals surface area contributed by atoms with Gasteiger partial charge in [0.2, 0.25) is 0 Å². The highest BCUT2D eigenvalue weighted by atomic mass is 19.1. The molecule has 8 rings (SSSR count). The summed E-state index contributed by atoms with van der Waals surface area (Å²) in [7, 11) is 0. The van der Waals surface area contributed by atoms with Gasteiger partial charge < -0.3 is 0 Å². The Labute approximate surface area is 303 Å². The lowest BCUT2D eigenvalue weighted by atomic mass is 9.84. The van der Waals surface area contributed by atoms with Crippen LogP contribution in [-0.4, -0.2) is 0 Å². The topological polar surface area (TPSA) is 0 Å². The van der Waals surface area contributed by atoms with Crippen molar-refractivity contribution in [1.29, 1.82) is 0 Å². The van der Waals surface area contributed by atoms with Crippen LogP contribution in [-0.2, 0) is 51.4 Å². The molecule has 4 unspecified atom stereocenters. The van der Waals surface area contributed by atoms with Crippen LogP contribution in [0.1, 0.15) is 120 Å². The fourth-order valence-corrected chi connectivity index (χ4v) is 8.39. The number of aryl methyl sites for hydroxylation is 7. The minimum Gasteiger partial charge on any atom is -0.207 e. The quantitative estimate of drug-likeness (QED) is 0.174. The molecule has 0 amide bonds. The smallest absolute Gasteiger partial charge is 0.129 e. The number of hydrogen-bond donors (Lipinski definition) is 0. The van der Waals surface area contributed by atoms with Gasteiger partial charge in [-0.15, -0.1) is 0 Å². The Morgan fingerprint density at radius 1 is 0.420 bits per heavy atom.